The number of methoxy groups -OCH3 is 1. The Bertz CT molecular complexity index is 785. The quantitative estimate of drug-likeness (QED) is 0.790. The highest BCUT2D eigenvalue weighted by Crippen LogP contribution is 2.25. The zero-order valence-electron chi connectivity index (χ0n) is 11.9. The van der Waals surface area contributed by atoms with Crippen molar-refractivity contribution in [2.75, 3.05) is 12.4 Å². The average Bonchev–Trinajstić information content (AvgIpc) is 3.10. The van der Waals surface area contributed by atoms with Gasteiger partial charge in [-0.15, -0.1) is 0 Å². The number of pyridine rings is 1. The molecule has 0 unspecified atom stereocenters. The van der Waals surface area contributed by atoms with E-state index in [2.05, 4.69) is 10.3 Å². The van der Waals surface area contributed by atoms with Crippen molar-refractivity contribution in [2.45, 2.75) is 0 Å². The van der Waals surface area contributed by atoms with Crippen LogP contribution in [-0.2, 0) is 0 Å². The third-order valence-corrected chi connectivity index (χ3v) is 3.88. The number of carbonyl (C=O) groups excluding carboxylic acids is 1. The van der Waals surface area contributed by atoms with Gasteiger partial charge in [0.05, 0.1) is 18.5 Å². The van der Waals surface area contributed by atoms with Crippen LogP contribution in [0.25, 0.3) is 11.3 Å². The van der Waals surface area contributed by atoms with E-state index in [9.17, 15) is 4.79 Å². The first-order valence-corrected chi connectivity index (χ1v) is 7.65. The lowest BCUT2D eigenvalue weighted by molar-refractivity contribution is 0.102. The predicted octanol–water partition coefficient (Wildman–Crippen LogP) is 4.07. The summed E-state index contributed by atoms with van der Waals surface area (Å²) in [6.45, 7) is 0. The Morgan fingerprint density at radius 3 is 2.86 bits per heavy atom. The van der Waals surface area contributed by atoms with Crippen LogP contribution < -0.4 is 10.1 Å². The molecule has 3 rings (SSSR count). The molecule has 0 atom stereocenters. The summed E-state index contributed by atoms with van der Waals surface area (Å²) in [5.41, 5.74) is 3.00. The summed E-state index contributed by atoms with van der Waals surface area (Å²) in [6.07, 6.45) is 1.64. The monoisotopic (exact) mass is 310 g/mol. The summed E-state index contributed by atoms with van der Waals surface area (Å²) in [7, 11) is 1.58. The van der Waals surface area contributed by atoms with Gasteiger partial charge in [-0.3, -0.25) is 9.78 Å². The van der Waals surface area contributed by atoms with Gasteiger partial charge >= 0.3 is 0 Å². The molecule has 2 aromatic heterocycles. The van der Waals surface area contributed by atoms with Crippen LogP contribution in [0.1, 0.15) is 10.4 Å². The molecule has 0 aliphatic heterocycles. The van der Waals surface area contributed by atoms with Gasteiger partial charge in [-0.05, 0) is 35.7 Å². The number of nitrogens with zero attached hydrogens (tertiary/aromatic N) is 1. The number of aromatic nitrogens is 1. The van der Waals surface area contributed by atoms with Gasteiger partial charge in [-0.25, -0.2) is 0 Å². The Morgan fingerprint density at radius 2 is 2.09 bits per heavy atom. The number of para-hydroxylation sites is 2. The van der Waals surface area contributed by atoms with Crippen LogP contribution in [-0.4, -0.2) is 18.0 Å². The van der Waals surface area contributed by atoms with E-state index in [4.69, 9.17) is 4.74 Å². The van der Waals surface area contributed by atoms with E-state index in [1.165, 1.54) is 0 Å². The first-order valence-electron chi connectivity index (χ1n) is 6.71. The standard InChI is InChI=1S/C17H14N2O2S/c1-21-16-5-3-2-4-14(16)19-17(20)12-6-8-18-15(10-12)13-7-9-22-11-13/h2-11H,1H3,(H,19,20). The van der Waals surface area contributed by atoms with Gasteiger partial charge in [0.2, 0.25) is 0 Å². The first-order chi connectivity index (χ1) is 10.8. The van der Waals surface area contributed by atoms with E-state index in [1.807, 2.05) is 29.0 Å². The number of hydrogen-bond donors (Lipinski definition) is 1. The van der Waals surface area contributed by atoms with Crippen LogP contribution in [0.15, 0.2) is 59.4 Å². The lowest BCUT2D eigenvalue weighted by Crippen LogP contribution is -2.12. The molecule has 0 fully saturated rings. The fourth-order valence-electron chi connectivity index (χ4n) is 2.08. The fraction of sp³-hybridized carbons (Fsp3) is 0.0588. The number of ether oxygens (including phenoxy) is 1. The van der Waals surface area contributed by atoms with Crippen molar-refractivity contribution >= 4 is 22.9 Å². The second-order valence-electron chi connectivity index (χ2n) is 4.60. The maximum atomic E-state index is 12.4. The summed E-state index contributed by atoms with van der Waals surface area (Å²) in [4.78, 5) is 16.7. The van der Waals surface area contributed by atoms with Gasteiger partial charge in [-0.2, -0.15) is 11.3 Å². The van der Waals surface area contributed by atoms with Gasteiger partial charge in [0, 0.05) is 22.7 Å². The molecule has 110 valence electrons. The number of anilines is 1. The van der Waals surface area contributed by atoms with Crippen LogP contribution in [0.2, 0.25) is 0 Å². The SMILES string of the molecule is COc1ccccc1NC(=O)c1ccnc(-c2ccsc2)c1. The Balaban J connectivity index is 1.85. The molecule has 5 heteroatoms. The van der Waals surface area contributed by atoms with Gasteiger partial charge in [-0.1, -0.05) is 12.1 Å². The molecule has 0 bridgehead atoms. The van der Waals surface area contributed by atoms with Crippen molar-refractivity contribution in [2.24, 2.45) is 0 Å². The molecule has 0 saturated carbocycles. The molecular weight excluding hydrogens is 296 g/mol. The van der Waals surface area contributed by atoms with E-state index in [1.54, 1.807) is 48.9 Å². The number of carbonyl (C=O) groups is 1. The van der Waals surface area contributed by atoms with E-state index in [0.717, 1.165) is 11.3 Å². The molecule has 22 heavy (non-hydrogen) atoms. The molecule has 0 spiro atoms. The summed E-state index contributed by atoms with van der Waals surface area (Å²) < 4.78 is 5.24. The Labute approximate surface area is 132 Å². The minimum absolute atomic E-state index is 0.191. The maximum absolute atomic E-state index is 12.4. The van der Waals surface area contributed by atoms with Crippen molar-refractivity contribution in [3.63, 3.8) is 0 Å². The number of benzene rings is 1. The average molecular weight is 310 g/mol. The van der Waals surface area contributed by atoms with Crippen molar-refractivity contribution < 1.29 is 9.53 Å². The molecule has 3 aromatic rings. The molecule has 1 N–H and O–H groups in total. The summed E-state index contributed by atoms with van der Waals surface area (Å²) in [5.74, 6) is 0.436. The summed E-state index contributed by atoms with van der Waals surface area (Å²) in [6, 6.07) is 12.8. The Kier molecular flexibility index (Phi) is 4.16. The van der Waals surface area contributed by atoms with E-state index in [-0.39, 0.29) is 5.91 Å². The minimum atomic E-state index is -0.191. The highest BCUT2D eigenvalue weighted by atomic mass is 32.1. The molecule has 0 aliphatic carbocycles. The number of hydrogen-bond acceptors (Lipinski definition) is 4. The van der Waals surface area contributed by atoms with Crippen LogP contribution in [0.4, 0.5) is 5.69 Å². The van der Waals surface area contributed by atoms with Crippen LogP contribution >= 0.6 is 11.3 Å². The van der Waals surface area contributed by atoms with Crippen molar-refractivity contribution in [1.29, 1.82) is 0 Å². The molecule has 2 heterocycles. The van der Waals surface area contributed by atoms with E-state index < -0.39 is 0 Å². The van der Waals surface area contributed by atoms with Gasteiger partial charge in [0.15, 0.2) is 0 Å². The normalized spacial score (nSPS) is 10.2. The highest BCUT2D eigenvalue weighted by Gasteiger charge is 2.11. The zero-order chi connectivity index (χ0) is 15.4. The third kappa shape index (κ3) is 2.99. The zero-order valence-corrected chi connectivity index (χ0v) is 12.8. The number of thiophene rings is 1. The van der Waals surface area contributed by atoms with Crippen molar-refractivity contribution in [3.05, 3.63) is 65.0 Å². The molecular formula is C17H14N2O2S. The smallest absolute Gasteiger partial charge is 0.255 e. The Morgan fingerprint density at radius 1 is 1.23 bits per heavy atom. The minimum Gasteiger partial charge on any atom is -0.495 e. The molecule has 0 saturated heterocycles. The number of amides is 1. The largest absolute Gasteiger partial charge is 0.495 e. The predicted molar refractivity (Wildman–Crippen MR) is 88.5 cm³/mol. The van der Waals surface area contributed by atoms with Gasteiger partial charge in [0.25, 0.3) is 5.91 Å². The lowest BCUT2D eigenvalue weighted by Gasteiger charge is -2.10. The molecule has 1 amide bonds. The van der Waals surface area contributed by atoms with Crippen molar-refractivity contribution in [1.82, 2.24) is 4.98 Å². The Hall–Kier alpha value is -2.66. The second kappa shape index (κ2) is 6.41. The molecule has 1 aromatic carbocycles. The molecule has 0 radical (unpaired) electrons. The van der Waals surface area contributed by atoms with Crippen LogP contribution in [0.3, 0.4) is 0 Å². The summed E-state index contributed by atoms with van der Waals surface area (Å²) >= 11 is 1.60. The van der Waals surface area contributed by atoms with E-state index >= 15 is 0 Å². The number of rotatable bonds is 4. The number of nitrogens with one attached hydrogen (secondary N) is 1. The van der Waals surface area contributed by atoms with Crippen molar-refractivity contribution in [3.8, 4) is 17.0 Å². The lowest BCUT2D eigenvalue weighted by atomic mass is 10.1. The van der Waals surface area contributed by atoms with Gasteiger partial charge < -0.3 is 10.1 Å². The van der Waals surface area contributed by atoms with Gasteiger partial charge in [0.1, 0.15) is 5.75 Å². The third-order valence-electron chi connectivity index (χ3n) is 3.19. The molecule has 0 aliphatic rings. The van der Waals surface area contributed by atoms with E-state index in [0.29, 0.717) is 17.0 Å². The topological polar surface area (TPSA) is 51.2 Å². The van der Waals surface area contributed by atoms with Crippen LogP contribution in [0.5, 0.6) is 5.75 Å². The highest BCUT2D eigenvalue weighted by molar-refractivity contribution is 7.08. The fourth-order valence-corrected chi connectivity index (χ4v) is 2.73. The summed E-state index contributed by atoms with van der Waals surface area (Å²) in [5, 5.41) is 6.85. The first kappa shape index (κ1) is 14.3. The molecule has 4 nitrogen and oxygen atoms in total. The second-order valence-corrected chi connectivity index (χ2v) is 5.38. The van der Waals surface area contributed by atoms with Crippen LogP contribution in [0, 0.1) is 0 Å². The maximum Gasteiger partial charge on any atom is 0.255 e.